The molecule has 0 bridgehead atoms. The molecule has 0 aromatic heterocycles. The van der Waals surface area contributed by atoms with Crippen molar-refractivity contribution in [1.29, 1.82) is 0 Å². The fraction of sp³-hybridized carbons (Fsp3) is 0.184. The van der Waals surface area contributed by atoms with Gasteiger partial charge in [-0.05, 0) is 274 Å². The first-order valence-corrected chi connectivity index (χ1v) is 37.5. The van der Waals surface area contributed by atoms with Crippen LogP contribution in [0.5, 0.6) is 0 Å². The molecule has 3 saturated heterocycles. The topological polar surface area (TPSA) is 55.4 Å². The van der Waals surface area contributed by atoms with Gasteiger partial charge in [0.25, 0.3) is 0 Å². The van der Waals surface area contributed by atoms with Crippen molar-refractivity contribution in [2.75, 3.05) is 0 Å². The van der Waals surface area contributed by atoms with E-state index in [1.165, 1.54) is 132 Å². The van der Waals surface area contributed by atoms with Gasteiger partial charge >= 0.3 is 21.4 Å². The Morgan fingerprint density at radius 3 is 0.935 bits per heavy atom. The Labute approximate surface area is 631 Å². The van der Waals surface area contributed by atoms with Crippen molar-refractivity contribution in [2.45, 2.75) is 117 Å². The lowest BCUT2D eigenvalue weighted by Gasteiger charge is -2.32. The summed E-state index contributed by atoms with van der Waals surface area (Å²) in [6.07, 6.45) is 0. The van der Waals surface area contributed by atoms with Crippen molar-refractivity contribution in [3.63, 3.8) is 0 Å². The van der Waals surface area contributed by atoms with Gasteiger partial charge in [-0.3, -0.25) is 0 Å². The Morgan fingerprint density at radius 2 is 0.477 bits per heavy atom. The number of rotatable bonds is 10. The Morgan fingerprint density at radius 1 is 0.178 bits per heavy atom. The first-order valence-electron chi connectivity index (χ1n) is 37.5. The van der Waals surface area contributed by atoms with E-state index in [1.54, 1.807) is 0 Å². The predicted molar refractivity (Wildman–Crippen MR) is 452 cm³/mol. The van der Waals surface area contributed by atoms with Crippen LogP contribution in [0.4, 0.5) is 0 Å². The van der Waals surface area contributed by atoms with Gasteiger partial charge in [0.05, 0.1) is 33.6 Å². The molecule has 3 aliphatic rings. The average Bonchev–Trinajstić information content (AvgIpc) is 1.76. The van der Waals surface area contributed by atoms with Crippen LogP contribution in [0.25, 0.3) is 132 Å². The first-order chi connectivity index (χ1) is 51.4. The molecule has 3 fully saturated rings. The van der Waals surface area contributed by atoms with Crippen LogP contribution in [0.2, 0.25) is 0 Å². The van der Waals surface area contributed by atoms with Crippen LogP contribution in [0.1, 0.15) is 83.1 Å². The predicted octanol–water partition coefficient (Wildman–Crippen LogP) is 23.4. The molecule has 0 atom stereocenters. The van der Waals surface area contributed by atoms with Gasteiger partial charge in [-0.25, -0.2) is 0 Å². The highest BCUT2D eigenvalue weighted by Crippen LogP contribution is 2.44. The molecule has 0 radical (unpaired) electrons. The Kier molecular flexibility index (Phi) is 18.6. The fourth-order valence-electron chi connectivity index (χ4n) is 14.8. The van der Waals surface area contributed by atoms with E-state index in [0.717, 1.165) is 16.4 Å². The Balaban J connectivity index is 0.000000123. The first kappa shape index (κ1) is 70.8. The molecular weight excluding hydrogens is 1310 g/mol. The molecule has 15 aromatic carbocycles. The summed E-state index contributed by atoms with van der Waals surface area (Å²) in [6.45, 7) is 25.1. The third-order valence-electron chi connectivity index (χ3n) is 23.3. The summed E-state index contributed by atoms with van der Waals surface area (Å²) < 4.78 is 37.6. The van der Waals surface area contributed by atoms with Crippen LogP contribution in [-0.4, -0.2) is 55.0 Å². The van der Waals surface area contributed by atoms with Crippen molar-refractivity contribution in [1.82, 2.24) is 0 Å². The molecule has 6 nitrogen and oxygen atoms in total. The summed E-state index contributed by atoms with van der Waals surface area (Å²) in [6, 6.07) is 115. The monoisotopic (exact) mass is 1390 g/mol. The molecule has 15 aromatic rings. The molecule has 3 aliphatic heterocycles. The van der Waals surface area contributed by atoms with Crippen LogP contribution < -0.4 is 16.4 Å². The summed E-state index contributed by atoms with van der Waals surface area (Å²) in [5, 5.41) is 12.2. The number of hydrogen-bond acceptors (Lipinski definition) is 6. The lowest BCUT2D eigenvalue weighted by molar-refractivity contribution is 0.00578. The van der Waals surface area contributed by atoms with E-state index in [-0.39, 0.29) is 55.0 Å². The normalized spacial score (nSPS) is 16.6. The van der Waals surface area contributed by atoms with Crippen molar-refractivity contribution in [3.8, 4) is 77.9 Å². The second kappa shape index (κ2) is 28.0. The van der Waals surface area contributed by atoms with E-state index < -0.39 is 0 Å². The largest absolute Gasteiger partial charge is 0.494 e. The average molecular weight is 1400 g/mol. The molecular formula is C98H89B3O6. The molecule has 0 N–H and O–H groups in total. The van der Waals surface area contributed by atoms with E-state index in [0.29, 0.717) is 0 Å². The molecule has 0 aliphatic carbocycles. The zero-order valence-corrected chi connectivity index (χ0v) is 63.3. The van der Waals surface area contributed by atoms with Gasteiger partial charge in [0.2, 0.25) is 0 Å². The summed E-state index contributed by atoms with van der Waals surface area (Å²) in [4.78, 5) is 0. The molecule has 18 rings (SSSR count). The van der Waals surface area contributed by atoms with Gasteiger partial charge in [0.15, 0.2) is 0 Å². The minimum Gasteiger partial charge on any atom is -0.399 e. The van der Waals surface area contributed by atoms with Crippen LogP contribution in [0.15, 0.2) is 322 Å². The maximum Gasteiger partial charge on any atom is 0.494 e. The lowest BCUT2D eigenvalue weighted by atomic mass is 9.78. The smallest absolute Gasteiger partial charge is 0.399 e. The van der Waals surface area contributed by atoms with Gasteiger partial charge in [0.1, 0.15) is 0 Å². The molecule has 0 unspecified atom stereocenters. The third-order valence-corrected chi connectivity index (χ3v) is 23.3. The highest BCUT2D eigenvalue weighted by atomic mass is 16.7. The van der Waals surface area contributed by atoms with E-state index in [2.05, 4.69) is 405 Å². The fourth-order valence-corrected chi connectivity index (χ4v) is 14.8. The summed E-state index contributed by atoms with van der Waals surface area (Å²) in [7, 11) is -1.06. The van der Waals surface area contributed by atoms with E-state index in [4.69, 9.17) is 27.9 Å². The van der Waals surface area contributed by atoms with Crippen molar-refractivity contribution in [3.05, 3.63) is 322 Å². The minimum atomic E-state index is -0.355. The number of hydrogen-bond donors (Lipinski definition) is 0. The maximum absolute atomic E-state index is 6.28. The van der Waals surface area contributed by atoms with Crippen LogP contribution in [-0.2, 0) is 27.9 Å². The van der Waals surface area contributed by atoms with Crippen LogP contribution >= 0.6 is 0 Å². The maximum atomic E-state index is 6.28. The summed E-state index contributed by atoms with van der Waals surface area (Å²) >= 11 is 0. The molecule has 9 heteroatoms. The van der Waals surface area contributed by atoms with Crippen LogP contribution in [0.3, 0.4) is 0 Å². The number of benzene rings is 15. The quantitative estimate of drug-likeness (QED) is 0.127. The Hall–Kier alpha value is -10.4. The molecule has 0 spiro atoms. The van der Waals surface area contributed by atoms with E-state index >= 15 is 0 Å². The molecule has 0 saturated carbocycles. The second-order valence-electron chi connectivity index (χ2n) is 31.9. The standard InChI is InChI=1S/C34H31BO2.2C32H29BO2/c1-33(2)34(3,4)37-35(36-33)32-19-18-30-22-29(16-17-31(30)23-32)28-15-9-14-27(21-28)26-13-8-12-25(20-26)24-10-6-5-7-11-24;1-31(2)32(3,4)35-33(34-31)27-18-16-24-20-26(15-14-25(24)21-27)30-28-13-9-8-12-23(28)17-19-29(30)22-10-6-5-7-11-22;1-31(2)32(3,4)35-33(34-31)28-17-16-23-18-26(15-14-24(23)20-28)30-21-27(22-10-6-5-7-11-22)19-25-12-8-9-13-29(25)30/h5-23H,1-4H3;2*5-21H,1-4H3. The van der Waals surface area contributed by atoms with Crippen molar-refractivity contribution in [2.24, 2.45) is 0 Å². The van der Waals surface area contributed by atoms with Gasteiger partial charge in [-0.2, -0.15) is 0 Å². The summed E-state index contributed by atoms with van der Waals surface area (Å²) in [5.74, 6) is 0. The van der Waals surface area contributed by atoms with E-state index in [9.17, 15) is 0 Å². The van der Waals surface area contributed by atoms with Gasteiger partial charge < -0.3 is 27.9 Å². The second-order valence-corrected chi connectivity index (χ2v) is 31.9. The highest BCUT2D eigenvalue weighted by molar-refractivity contribution is 6.63. The van der Waals surface area contributed by atoms with Crippen LogP contribution in [0, 0.1) is 0 Å². The third kappa shape index (κ3) is 14.1. The highest BCUT2D eigenvalue weighted by Gasteiger charge is 2.54. The zero-order chi connectivity index (χ0) is 74.0. The van der Waals surface area contributed by atoms with Gasteiger partial charge in [-0.15, -0.1) is 0 Å². The minimum absolute atomic E-state index is 0.345. The zero-order valence-electron chi connectivity index (χ0n) is 63.3. The van der Waals surface area contributed by atoms with E-state index in [1.807, 2.05) is 0 Å². The van der Waals surface area contributed by atoms with Gasteiger partial charge in [-0.1, -0.05) is 279 Å². The molecule has 0 amide bonds. The molecule has 3 heterocycles. The lowest BCUT2D eigenvalue weighted by Crippen LogP contribution is -2.41. The molecule has 526 valence electrons. The van der Waals surface area contributed by atoms with Gasteiger partial charge in [0, 0.05) is 0 Å². The number of fused-ring (bicyclic) bond motifs is 5. The van der Waals surface area contributed by atoms with Crippen molar-refractivity contribution < 1.29 is 27.9 Å². The Bertz CT molecular complexity index is 5780. The van der Waals surface area contributed by atoms with Crippen molar-refractivity contribution >= 4 is 91.6 Å². The summed E-state index contributed by atoms with van der Waals surface area (Å²) in [5.41, 5.74) is 18.3. The molecule has 107 heavy (non-hydrogen) atoms. The SMILES string of the molecule is CC1(C)OB(c2ccc3cc(-c4c(-c5ccccc5)ccc5ccccc45)ccc3c2)OC1(C)C.CC1(C)OB(c2ccc3cc(-c4cc(-c5ccccc5)cc5ccccc45)ccc3c2)OC1(C)C.CC1(C)OB(c2ccc3cc(-c4cccc(-c5cccc(-c6ccccc6)c5)c4)ccc3c2)OC1(C)C.